The number of aryl methyl sites for hydroxylation is 1. The van der Waals surface area contributed by atoms with Crippen molar-refractivity contribution in [2.75, 3.05) is 0 Å². The maximum atomic E-state index is 10.7. The van der Waals surface area contributed by atoms with E-state index in [1.165, 1.54) is 10.4 Å². The lowest BCUT2D eigenvalue weighted by molar-refractivity contribution is 0.112. The van der Waals surface area contributed by atoms with Crippen molar-refractivity contribution < 1.29 is 4.79 Å². The third-order valence-corrected chi connectivity index (χ3v) is 4.37. The fourth-order valence-corrected chi connectivity index (χ4v) is 3.46. The number of thiazole rings is 1. The van der Waals surface area contributed by atoms with E-state index >= 15 is 0 Å². The molecule has 1 heterocycles. The minimum absolute atomic E-state index is 0.587. The average Bonchev–Trinajstić information content (AvgIpc) is 2.81. The van der Waals surface area contributed by atoms with Crippen LogP contribution in [-0.4, -0.2) is 11.3 Å². The summed E-state index contributed by atoms with van der Waals surface area (Å²) < 4.78 is 0. The maximum Gasteiger partial charge on any atom is 0.178 e. The van der Waals surface area contributed by atoms with Crippen LogP contribution in [0.1, 0.15) is 38.3 Å². The number of carbonyl (C=O) groups is 1. The van der Waals surface area contributed by atoms with Crippen molar-refractivity contribution in [3.63, 3.8) is 0 Å². The Bertz CT molecular complexity index is 532. The predicted molar refractivity (Wildman–Crippen MR) is 68.7 cm³/mol. The largest absolute Gasteiger partial charge is 0.295 e. The first-order chi connectivity index (χ1) is 8.36. The zero-order chi connectivity index (χ0) is 11.7. The first-order valence-corrected chi connectivity index (χ1v) is 6.67. The quantitative estimate of drug-likeness (QED) is 0.758. The summed E-state index contributed by atoms with van der Waals surface area (Å²) in [4.78, 5) is 16.4. The highest BCUT2D eigenvalue weighted by Gasteiger charge is 2.23. The van der Waals surface area contributed by atoms with Gasteiger partial charge in [0.05, 0.1) is 5.69 Å². The fraction of sp³-hybridized carbons (Fsp3) is 0.286. The Balaban J connectivity index is 1.87. The van der Waals surface area contributed by atoms with Crippen LogP contribution in [0.2, 0.25) is 0 Å². The highest BCUT2D eigenvalue weighted by molar-refractivity contribution is 7.13. The lowest BCUT2D eigenvalue weighted by atomic mass is 9.85. The summed E-state index contributed by atoms with van der Waals surface area (Å²) in [5.41, 5.74) is 2.54. The Morgan fingerprint density at radius 2 is 2.12 bits per heavy atom. The van der Waals surface area contributed by atoms with Crippen LogP contribution in [0.15, 0.2) is 30.3 Å². The van der Waals surface area contributed by atoms with E-state index in [0.29, 0.717) is 10.9 Å². The molecule has 86 valence electrons. The van der Waals surface area contributed by atoms with E-state index in [0.717, 1.165) is 31.2 Å². The molecule has 0 bridgehead atoms. The molecule has 1 aromatic carbocycles. The molecule has 2 aromatic rings. The highest BCUT2D eigenvalue weighted by Crippen LogP contribution is 2.34. The number of aromatic nitrogens is 1. The predicted octanol–water partition coefficient (Wildman–Crippen LogP) is 3.23. The normalized spacial score (nSPS) is 18.7. The van der Waals surface area contributed by atoms with Crippen LogP contribution in [0.4, 0.5) is 0 Å². The van der Waals surface area contributed by atoms with E-state index in [2.05, 4.69) is 35.3 Å². The summed E-state index contributed by atoms with van der Waals surface area (Å²) in [7, 11) is 0. The van der Waals surface area contributed by atoms with Gasteiger partial charge in [-0.25, -0.2) is 4.98 Å². The third-order valence-electron chi connectivity index (χ3n) is 3.33. The van der Waals surface area contributed by atoms with Gasteiger partial charge in [0, 0.05) is 4.88 Å². The van der Waals surface area contributed by atoms with Gasteiger partial charge in [-0.15, -0.1) is 11.3 Å². The smallest absolute Gasteiger partial charge is 0.178 e. The minimum Gasteiger partial charge on any atom is -0.295 e. The molecule has 3 rings (SSSR count). The van der Waals surface area contributed by atoms with E-state index in [4.69, 9.17) is 0 Å². The highest BCUT2D eigenvalue weighted by atomic mass is 32.1. The molecular formula is C14H13NOS. The minimum atomic E-state index is 0.587. The number of benzene rings is 1. The second-order valence-corrected chi connectivity index (χ2v) is 5.51. The average molecular weight is 243 g/mol. The fourth-order valence-electron chi connectivity index (χ4n) is 2.46. The van der Waals surface area contributed by atoms with E-state index in [-0.39, 0.29) is 0 Å². The number of fused-ring (bicyclic) bond motifs is 1. The van der Waals surface area contributed by atoms with Gasteiger partial charge in [-0.3, -0.25) is 4.79 Å². The topological polar surface area (TPSA) is 30.0 Å². The Morgan fingerprint density at radius 1 is 1.29 bits per heavy atom. The summed E-state index contributed by atoms with van der Waals surface area (Å²) in [5, 5.41) is 0.628. The first-order valence-electron chi connectivity index (χ1n) is 5.85. The van der Waals surface area contributed by atoms with E-state index in [9.17, 15) is 4.79 Å². The van der Waals surface area contributed by atoms with Gasteiger partial charge < -0.3 is 0 Å². The molecule has 0 N–H and O–H groups in total. The second kappa shape index (κ2) is 4.41. The molecule has 17 heavy (non-hydrogen) atoms. The summed E-state index contributed by atoms with van der Waals surface area (Å²) in [6.45, 7) is 0. The first kappa shape index (κ1) is 10.7. The van der Waals surface area contributed by atoms with Gasteiger partial charge in [0.15, 0.2) is 11.3 Å². The SMILES string of the molecule is O=Cc1nc2c(s1)C[C@@H](c1ccccc1)CC2. The molecule has 1 aliphatic rings. The van der Waals surface area contributed by atoms with E-state index < -0.39 is 0 Å². The molecule has 0 unspecified atom stereocenters. The number of carbonyl (C=O) groups excluding carboxylic acids is 1. The molecule has 1 aromatic heterocycles. The molecule has 0 saturated heterocycles. The van der Waals surface area contributed by atoms with Gasteiger partial charge in [-0.1, -0.05) is 30.3 Å². The summed E-state index contributed by atoms with van der Waals surface area (Å²) in [5.74, 6) is 0.587. The number of aldehydes is 1. The van der Waals surface area contributed by atoms with Gasteiger partial charge in [-0.05, 0) is 30.7 Å². The van der Waals surface area contributed by atoms with Crippen LogP contribution in [0.5, 0.6) is 0 Å². The summed E-state index contributed by atoms with van der Waals surface area (Å²) in [6, 6.07) is 10.6. The molecule has 0 spiro atoms. The van der Waals surface area contributed by atoms with Crippen molar-refractivity contribution >= 4 is 17.6 Å². The lowest BCUT2D eigenvalue weighted by Crippen LogP contribution is -2.11. The van der Waals surface area contributed by atoms with Crippen LogP contribution in [0.3, 0.4) is 0 Å². The van der Waals surface area contributed by atoms with Crippen molar-refractivity contribution in [1.82, 2.24) is 4.98 Å². The van der Waals surface area contributed by atoms with Gasteiger partial charge in [0.2, 0.25) is 0 Å². The van der Waals surface area contributed by atoms with Crippen LogP contribution in [0.25, 0.3) is 0 Å². The summed E-state index contributed by atoms with van der Waals surface area (Å²) >= 11 is 1.55. The maximum absolute atomic E-state index is 10.7. The molecule has 0 amide bonds. The van der Waals surface area contributed by atoms with Crippen molar-refractivity contribution in [1.29, 1.82) is 0 Å². The lowest BCUT2D eigenvalue weighted by Gasteiger charge is -2.21. The van der Waals surface area contributed by atoms with Crippen LogP contribution in [0, 0.1) is 0 Å². The number of nitrogens with zero attached hydrogens (tertiary/aromatic N) is 1. The number of hydrogen-bond donors (Lipinski definition) is 0. The molecule has 0 fully saturated rings. The number of rotatable bonds is 2. The standard InChI is InChI=1S/C14H13NOS/c16-9-14-15-12-7-6-11(8-13(12)17-14)10-4-2-1-3-5-10/h1-5,9,11H,6-8H2/t11-/m0/s1. The molecule has 3 heteroatoms. The van der Waals surface area contributed by atoms with Crippen molar-refractivity contribution in [3.05, 3.63) is 51.5 Å². The third kappa shape index (κ3) is 2.03. The van der Waals surface area contributed by atoms with Crippen molar-refractivity contribution in [2.45, 2.75) is 25.2 Å². The molecule has 1 atom stereocenters. The zero-order valence-corrected chi connectivity index (χ0v) is 10.2. The number of hydrogen-bond acceptors (Lipinski definition) is 3. The van der Waals surface area contributed by atoms with E-state index in [1.807, 2.05) is 0 Å². The van der Waals surface area contributed by atoms with Gasteiger partial charge in [0.1, 0.15) is 0 Å². The van der Waals surface area contributed by atoms with Crippen molar-refractivity contribution in [2.24, 2.45) is 0 Å². The molecule has 0 aliphatic heterocycles. The van der Waals surface area contributed by atoms with Gasteiger partial charge in [-0.2, -0.15) is 0 Å². The Morgan fingerprint density at radius 3 is 2.88 bits per heavy atom. The van der Waals surface area contributed by atoms with Crippen LogP contribution in [-0.2, 0) is 12.8 Å². The molecular weight excluding hydrogens is 230 g/mol. The molecule has 2 nitrogen and oxygen atoms in total. The molecule has 1 aliphatic carbocycles. The second-order valence-electron chi connectivity index (χ2n) is 4.39. The monoisotopic (exact) mass is 243 g/mol. The zero-order valence-electron chi connectivity index (χ0n) is 9.43. The van der Waals surface area contributed by atoms with E-state index in [1.54, 1.807) is 11.3 Å². The Hall–Kier alpha value is -1.48. The Labute approximate surface area is 104 Å². The van der Waals surface area contributed by atoms with Gasteiger partial charge in [0.25, 0.3) is 0 Å². The van der Waals surface area contributed by atoms with Crippen LogP contribution < -0.4 is 0 Å². The van der Waals surface area contributed by atoms with Gasteiger partial charge >= 0.3 is 0 Å². The Kier molecular flexibility index (Phi) is 2.77. The van der Waals surface area contributed by atoms with Crippen LogP contribution >= 0.6 is 11.3 Å². The molecule has 0 saturated carbocycles. The van der Waals surface area contributed by atoms with Crippen molar-refractivity contribution in [3.8, 4) is 0 Å². The summed E-state index contributed by atoms with van der Waals surface area (Å²) in [6.07, 6.45) is 4.03. The molecule has 0 radical (unpaired) electrons.